The lowest BCUT2D eigenvalue weighted by atomic mass is 9.85. The molecule has 0 bridgehead atoms. The fourth-order valence-corrected chi connectivity index (χ4v) is 3.05. The number of hydrogen-bond acceptors (Lipinski definition) is 4. The molecular weight excluding hydrogens is 276 g/mol. The van der Waals surface area contributed by atoms with E-state index in [9.17, 15) is 0 Å². The minimum atomic E-state index is 0.0298. The molecular formula is C16H26N6. The summed E-state index contributed by atoms with van der Waals surface area (Å²) in [6, 6.07) is 0.403. The minimum absolute atomic E-state index is 0.0298. The molecule has 0 amide bonds. The summed E-state index contributed by atoms with van der Waals surface area (Å²) < 4.78 is 0. The molecule has 1 heterocycles. The number of nitrogens with zero attached hydrogens (tertiary/aromatic N) is 3. The van der Waals surface area contributed by atoms with Crippen molar-refractivity contribution >= 4 is 18.4 Å². The van der Waals surface area contributed by atoms with E-state index in [4.69, 9.17) is 11.1 Å². The molecule has 6 heteroatoms. The van der Waals surface area contributed by atoms with E-state index in [2.05, 4.69) is 22.3 Å². The van der Waals surface area contributed by atoms with Crippen LogP contribution in [-0.2, 0) is 0 Å². The molecule has 0 spiro atoms. The van der Waals surface area contributed by atoms with Crippen molar-refractivity contribution < 1.29 is 0 Å². The Morgan fingerprint density at radius 3 is 2.82 bits per heavy atom. The Morgan fingerprint density at radius 1 is 1.50 bits per heavy atom. The predicted octanol–water partition coefficient (Wildman–Crippen LogP) is 2.21. The molecule has 0 saturated heterocycles. The van der Waals surface area contributed by atoms with Crippen LogP contribution in [0.5, 0.6) is 0 Å². The van der Waals surface area contributed by atoms with E-state index >= 15 is 0 Å². The van der Waals surface area contributed by atoms with Crippen LogP contribution in [-0.4, -0.2) is 36.5 Å². The molecule has 22 heavy (non-hydrogen) atoms. The third kappa shape index (κ3) is 3.37. The van der Waals surface area contributed by atoms with E-state index in [1.165, 1.54) is 19.3 Å². The van der Waals surface area contributed by atoms with Gasteiger partial charge in [-0.05, 0) is 25.7 Å². The average molecular weight is 302 g/mol. The Hall–Kier alpha value is -2.11. The maximum atomic E-state index is 7.83. The molecule has 2 atom stereocenters. The first-order valence-electron chi connectivity index (χ1n) is 7.85. The summed E-state index contributed by atoms with van der Waals surface area (Å²) >= 11 is 0. The summed E-state index contributed by atoms with van der Waals surface area (Å²) in [5.41, 5.74) is 8.16. The zero-order chi connectivity index (χ0) is 16.1. The zero-order valence-electron chi connectivity index (χ0n) is 13.6. The minimum Gasteiger partial charge on any atom is -0.384 e. The van der Waals surface area contributed by atoms with Crippen molar-refractivity contribution in [1.29, 1.82) is 5.41 Å². The fraction of sp³-hybridized carbons (Fsp3) is 0.562. The van der Waals surface area contributed by atoms with E-state index in [1.54, 1.807) is 24.6 Å². The first-order valence-corrected chi connectivity index (χ1v) is 7.85. The maximum Gasteiger partial charge on any atom is 0.126 e. The van der Waals surface area contributed by atoms with Crippen LogP contribution in [0.3, 0.4) is 0 Å². The highest BCUT2D eigenvalue weighted by Gasteiger charge is 2.27. The van der Waals surface area contributed by atoms with Gasteiger partial charge >= 0.3 is 0 Å². The summed E-state index contributed by atoms with van der Waals surface area (Å²) in [4.78, 5) is 4.03. The molecule has 2 aliphatic rings. The number of nitrogens with two attached hydrogens (primary N) is 1. The number of hydrazone groups is 1. The smallest absolute Gasteiger partial charge is 0.126 e. The maximum absolute atomic E-state index is 7.83. The Balaban J connectivity index is 2.35. The van der Waals surface area contributed by atoms with Gasteiger partial charge in [0.25, 0.3) is 0 Å². The van der Waals surface area contributed by atoms with Crippen LogP contribution in [0.4, 0.5) is 0 Å². The van der Waals surface area contributed by atoms with Gasteiger partial charge in [0, 0.05) is 13.1 Å². The van der Waals surface area contributed by atoms with E-state index in [0.29, 0.717) is 17.5 Å². The van der Waals surface area contributed by atoms with E-state index in [0.717, 1.165) is 17.8 Å². The van der Waals surface area contributed by atoms with Gasteiger partial charge in [0.05, 0.1) is 23.2 Å². The quantitative estimate of drug-likeness (QED) is 0.549. The molecule has 0 aromatic rings. The molecule has 2 rings (SSSR count). The van der Waals surface area contributed by atoms with E-state index in [-0.39, 0.29) is 5.84 Å². The number of nitrogens with one attached hydrogen (secondary N) is 2. The van der Waals surface area contributed by atoms with Gasteiger partial charge in [0.15, 0.2) is 0 Å². The zero-order valence-corrected chi connectivity index (χ0v) is 13.6. The number of aliphatic imine (C=N–C) groups is 1. The van der Waals surface area contributed by atoms with Crippen LogP contribution < -0.4 is 11.1 Å². The molecule has 4 N–H and O–H groups in total. The second-order valence-corrected chi connectivity index (χ2v) is 5.85. The summed E-state index contributed by atoms with van der Waals surface area (Å²) in [5, 5.41) is 17.5. The third-order valence-corrected chi connectivity index (χ3v) is 4.31. The summed E-state index contributed by atoms with van der Waals surface area (Å²) in [6.07, 6.45) is 10.2. The molecule has 0 radical (unpaired) electrons. The third-order valence-electron chi connectivity index (χ3n) is 4.31. The number of rotatable bonds is 4. The van der Waals surface area contributed by atoms with E-state index < -0.39 is 0 Å². The highest BCUT2D eigenvalue weighted by atomic mass is 15.5. The lowest BCUT2D eigenvalue weighted by Gasteiger charge is -2.34. The highest BCUT2D eigenvalue weighted by Crippen LogP contribution is 2.28. The number of allylic oxidation sites excluding steroid dienone is 1. The fourth-order valence-electron chi connectivity index (χ4n) is 3.05. The molecule has 1 aliphatic heterocycles. The molecule has 6 nitrogen and oxygen atoms in total. The van der Waals surface area contributed by atoms with Gasteiger partial charge in [-0.2, -0.15) is 5.10 Å². The topological polar surface area (TPSA) is 89.9 Å². The molecule has 0 aromatic heterocycles. The largest absolute Gasteiger partial charge is 0.384 e. The van der Waals surface area contributed by atoms with Crippen LogP contribution in [0, 0.1) is 11.3 Å². The lowest BCUT2D eigenvalue weighted by molar-refractivity contribution is 0.294. The monoisotopic (exact) mass is 302 g/mol. The number of amidine groups is 1. The summed E-state index contributed by atoms with van der Waals surface area (Å²) in [6.45, 7) is 4.23. The van der Waals surface area contributed by atoms with Crippen LogP contribution in [0.1, 0.15) is 39.5 Å². The van der Waals surface area contributed by atoms with Crippen LogP contribution in [0.15, 0.2) is 33.1 Å². The van der Waals surface area contributed by atoms with Gasteiger partial charge in [-0.25, -0.2) is 5.01 Å². The van der Waals surface area contributed by atoms with Crippen LogP contribution in [0.25, 0.3) is 0 Å². The van der Waals surface area contributed by atoms with Gasteiger partial charge in [-0.1, -0.05) is 25.8 Å². The molecule has 2 unspecified atom stereocenters. The standard InChI is InChI=1S/C16H26N6/c1-4-14-15(21-13-8-6-5-7-11(13)2)12(16(17)18)9-20-22(14)10-19-3/h4,9-11,13,21H,5-8H2,1-3H3,(H3,17,18)/b14-4?,19-10-. The number of hydrogen-bond donors (Lipinski definition) is 3. The first kappa shape index (κ1) is 16.3. The average Bonchev–Trinajstić information content (AvgIpc) is 2.50. The molecule has 0 aromatic carbocycles. The highest BCUT2D eigenvalue weighted by molar-refractivity contribution is 6.14. The SMILES string of the molecule is CC=C1C(NC2CCCCC2C)=C(C(=N)N)C=NN1/C=N\C. The van der Waals surface area contributed by atoms with Crippen molar-refractivity contribution in [3.05, 3.63) is 23.0 Å². The van der Waals surface area contributed by atoms with Crippen molar-refractivity contribution in [2.24, 2.45) is 21.7 Å². The van der Waals surface area contributed by atoms with Gasteiger partial charge in [0.1, 0.15) is 12.2 Å². The van der Waals surface area contributed by atoms with Gasteiger partial charge < -0.3 is 11.1 Å². The molecule has 120 valence electrons. The Kier molecular flexibility index (Phi) is 5.35. The Bertz CT molecular complexity index is 543. The summed E-state index contributed by atoms with van der Waals surface area (Å²) in [7, 11) is 1.71. The van der Waals surface area contributed by atoms with Gasteiger partial charge in [-0.3, -0.25) is 10.4 Å². The summed E-state index contributed by atoms with van der Waals surface area (Å²) in [5.74, 6) is 0.641. The molecule has 1 saturated carbocycles. The van der Waals surface area contributed by atoms with Crippen molar-refractivity contribution in [1.82, 2.24) is 10.3 Å². The molecule has 1 fully saturated rings. The van der Waals surface area contributed by atoms with Crippen molar-refractivity contribution in [3.63, 3.8) is 0 Å². The Labute approximate surface area is 132 Å². The molecule has 1 aliphatic carbocycles. The predicted molar refractivity (Wildman–Crippen MR) is 92.0 cm³/mol. The van der Waals surface area contributed by atoms with E-state index in [1.807, 2.05) is 13.0 Å². The van der Waals surface area contributed by atoms with Crippen molar-refractivity contribution in [2.75, 3.05) is 7.05 Å². The van der Waals surface area contributed by atoms with Gasteiger partial charge in [-0.15, -0.1) is 0 Å². The van der Waals surface area contributed by atoms with Crippen LogP contribution >= 0.6 is 0 Å². The first-order chi connectivity index (χ1) is 10.6. The second-order valence-electron chi connectivity index (χ2n) is 5.85. The van der Waals surface area contributed by atoms with Crippen molar-refractivity contribution in [3.8, 4) is 0 Å². The van der Waals surface area contributed by atoms with Crippen LogP contribution in [0.2, 0.25) is 0 Å². The lowest BCUT2D eigenvalue weighted by Crippen LogP contribution is -2.41. The normalized spacial score (nSPS) is 27.8. The second kappa shape index (κ2) is 7.24. The van der Waals surface area contributed by atoms with Crippen molar-refractivity contribution in [2.45, 2.75) is 45.6 Å². The van der Waals surface area contributed by atoms with Gasteiger partial charge in [0.2, 0.25) is 0 Å². The Morgan fingerprint density at radius 2 is 2.23 bits per heavy atom.